The van der Waals surface area contributed by atoms with Gasteiger partial charge in [-0.15, -0.1) is 0 Å². The Kier molecular flexibility index (Phi) is 3.80. The van der Waals surface area contributed by atoms with Crippen LogP contribution in [0.3, 0.4) is 0 Å². The number of methoxy groups -OCH3 is 1. The number of carbonyl (C=O) groups is 2. The van der Waals surface area contributed by atoms with Gasteiger partial charge < -0.3 is 15.2 Å². The molecule has 19 heavy (non-hydrogen) atoms. The van der Waals surface area contributed by atoms with E-state index < -0.39 is 11.5 Å². The number of carboxylic acid groups (broad SMARTS) is 1. The Labute approximate surface area is 119 Å². The fraction of sp³-hybridized carbons (Fsp3) is 0.385. The highest BCUT2D eigenvalue weighted by Crippen LogP contribution is 2.33. The number of carbonyl (C=O) groups excluding carboxylic acids is 1. The van der Waals surface area contributed by atoms with Gasteiger partial charge in [-0.05, 0) is 53.4 Å². The second-order valence-electron chi connectivity index (χ2n) is 4.54. The molecule has 0 saturated heterocycles. The van der Waals surface area contributed by atoms with E-state index in [1.807, 2.05) is 0 Å². The molecule has 1 aliphatic rings. The van der Waals surface area contributed by atoms with Crippen molar-refractivity contribution in [2.24, 2.45) is 0 Å². The number of nitrogens with one attached hydrogen (secondary N) is 1. The normalized spacial score (nSPS) is 16.3. The largest absolute Gasteiger partial charge is 0.496 e. The molecule has 2 rings (SSSR count). The molecule has 5 nitrogen and oxygen atoms in total. The summed E-state index contributed by atoms with van der Waals surface area (Å²) >= 11 is 3.29. The fourth-order valence-electron chi connectivity index (χ4n) is 2.02. The van der Waals surface area contributed by atoms with Crippen LogP contribution in [0.4, 0.5) is 0 Å². The second kappa shape index (κ2) is 5.21. The molecule has 0 radical (unpaired) electrons. The zero-order valence-electron chi connectivity index (χ0n) is 10.4. The van der Waals surface area contributed by atoms with E-state index in [4.69, 9.17) is 4.74 Å². The maximum absolute atomic E-state index is 12.1. The van der Waals surface area contributed by atoms with Crippen LogP contribution >= 0.6 is 15.9 Å². The second-order valence-corrected chi connectivity index (χ2v) is 5.40. The summed E-state index contributed by atoms with van der Waals surface area (Å²) in [5.74, 6) is -0.738. The predicted octanol–water partition coefficient (Wildman–Crippen LogP) is 2.19. The molecular formula is C13H14BrNO4. The van der Waals surface area contributed by atoms with E-state index >= 15 is 0 Å². The average molecular weight is 328 g/mol. The minimum atomic E-state index is -1.09. The first-order chi connectivity index (χ1) is 8.98. The highest BCUT2D eigenvalue weighted by Gasteiger charge is 2.45. The van der Waals surface area contributed by atoms with Gasteiger partial charge in [-0.2, -0.15) is 0 Å². The number of halogens is 1. The third kappa shape index (κ3) is 2.58. The Morgan fingerprint density at radius 2 is 2.11 bits per heavy atom. The van der Waals surface area contributed by atoms with Crippen LogP contribution in [0, 0.1) is 0 Å². The van der Waals surface area contributed by atoms with Gasteiger partial charge in [0.1, 0.15) is 11.3 Å². The quantitative estimate of drug-likeness (QED) is 0.888. The summed E-state index contributed by atoms with van der Waals surface area (Å²) in [5, 5.41) is 11.8. The van der Waals surface area contributed by atoms with E-state index in [2.05, 4.69) is 21.2 Å². The molecule has 2 N–H and O–H groups in total. The topological polar surface area (TPSA) is 75.6 Å². The molecule has 0 aromatic heterocycles. The summed E-state index contributed by atoms with van der Waals surface area (Å²) in [4.78, 5) is 23.3. The summed E-state index contributed by atoms with van der Waals surface area (Å²) in [6.45, 7) is 0. The molecule has 0 spiro atoms. The van der Waals surface area contributed by atoms with Crippen LogP contribution in [-0.2, 0) is 4.79 Å². The Morgan fingerprint density at radius 3 is 2.53 bits per heavy atom. The van der Waals surface area contributed by atoms with Crippen molar-refractivity contribution in [1.82, 2.24) is 5.32 Å². The Morgan fingerprint density at radius 1 is 1.42 bits per heavy atom. The molecule has 102 valence electrons. The molecule has 1 amide bonds. The summed E-state index contributed by atoms with van der Waals surface area (Å²) in [6.07, 6.45) is 1.77. The number of ether oxygens (including phenoxy) is 1. The third-order valence-electron chi connectivity index (χ3n) is 3.38. The van der Waals surface area contributed by atoms with Gasteiger partial charge in [0.2, 0.25) is 0 Å². The van der Waals surface area contributed by atoms with Crippen molar-refractivity contribution >= 4 is 27.8 Å². The molecule has 1 aromatic rings. The minimum absolute atomic E-state index is 0.384. The molecular weight excluding hydrogens is 314 g/mol. The molecule has 0 aliphatic heterocycles. The van der Waals surface area contributed by atoms with E-state index in [0.29, 0.717) is 28.6 Å². The van der Waals surface area contributed by atoms with Gasteiger partial charge >= 0.3 is 5.97 Å². The Bertz CT molecular complexity index is 525. The van der Waals surface area contributed by atoms with Gasteiger partial charge in [-0.1, -0.05) is 0 Å². The maximum Gasteiger partial charge on any atom is 0.329 e. The van der Waals surface area contributed by atoms with Crippen LogP contribution in [0.2, 0.25) is 0 Å². The molecule has 1 saturated carbocycles. The summed E-state index contributed by atoms with van der Waals surface area (Å²) in [6, 6.07) is 4.88. The smallest absolute Gasteiger partial charge is 0.329 e. The van der Waals surface area contributed by atoms with Crippen molar-refractivity contribution < 1.29 is 19.4 Å². The number of benzene rings is 1. The van der Waals surface area contributed by atoms with Gasteiger partial charge in [0, 0.05) is 5.56 Å². The number of amides is 1. The SMILES string of the molecule is COc1ccc(C(=O)NC2(C(=O)O)CCC2)cc1Br. The van der Waals surface area contributed by atoms with Crippen molar-refractivity contribution in [3.8, 4) is 5.75 Å². The van der Waals surface area contributed by atoms with E-state index in [-0.39, 0.29) is 5.91 Å². The van der Waals surface area contributed by atoms with Crippen LogP contribution in [0.5, 0.6) is 5.75 Å². The Balaban J connectivity index is 2.16. The monoisotopic (exact) mass is 327 g/mol. The van der Waals surface area contributed by atoms with E-state index in [1.54, 1.807) is 18.2 Å². The highest BCUT2D eigenvalue weighted by atomic mass is 79.9. The summed E-state index contributed by atoms with van der Waals surface area (Å²) in [5.41, 5.74) is -0.691. The van der Waals surface area contributed by atoms with Crippen LogP contribution in [0.25, 0.3) is 0 Å². The van der Waals surface area contributed by atoms with Crippen LogP contribution < -0.4 is 10.1 Å². The zero-order chi connectivity index (χ0) is 14.0. The van der Waals surface area contributed by atoms with Crippen molar-refractivity contribution in [2.45, 2.75) is 24.8 Å². The van der Waals surface area contributed by atoms with Crippen molar-refractivity contribution in [2.75, 3.05) is 7.11 Å². The molecule has 6 heteroatoms. The molecule has 0 bridgehead atoms. The molecule has 0 unspecified atom stereocenters. The first-order valence-electron chi connectivity index (χ1n) is 5.88. The lowest BCUT2D eigenvalue weighted by molar-refractivity contribution is -0.148. The van der Waals surface area contributed by atoms with Crippen LogP contribution in [0.1, 0.15) is 29.6 Å². The molecule has 1 aliphatic carbocycles. The summed E-state index contributed by atoms with van der Waals surface area (Å²) < 4.78 is 5.73. The number of hydrogen-bond donors (Lipinski definition) is 2. The van der Waals surface area contributed by atoms with Gasteiger partial charge in [0.15, 0.2) is 0 Å². The number of carboxylic acids is 1. The molecule has 1 aromatic carbocycles. The standard InChI is InChI=1S/C13H14BrNO4/c1-19-10-4-3-8(7-9(10)14)11(16)15-13(12(17)18)5-2-6-13/h3-4,7H,2,5-6H2,1H3,(H,15,16)(H,17,18). The lowest BCUT2D eigenvalue weighted by atomic mass is 9.76. The van der Waals surface area contributed by atoms with E-state index in [9.17, 15) is 14.7 Å². The lowest BCUT2D eigenvalue weighted by Crippen LogP contribution is -2.59. The van der Waals surface area contributed by atoms with Crippen molar-refractivity contribution in [3.05, 3.63) is 28.2 Å². The van der Waals surface area contributed by atoms with E-state index in [1.165, 1.54) is 7.11 Å². The minimum Gasteiger partial charge on any atom is -0.496 e. The number of hydrogen-bond acceptors (Lipinski definition) is 3. The highest BCUT2D eigenvalue weighted by molar-refractivity contribution is 9.10. The average Bonchev–Trinajstić information content (AvgIpc) is 2.32. The van der Waals surface area contributed by atoms with Crippen LogP contribution in [0.15, 0.2) is 22.7 Å². The molecule has 0 heterocycles. The first-order valence-corrected chi connectivity index (χ1v) is 6.67. The van der Waals surface area contributed by atoms with Gasteiger partial charge in [-0.25, -0.2) is 4.79 Å². The van der Waals surface area contributed by atoms with E-state index in [0.717, 1.165) is 6.42 Å². The van der Waals surface area contributed by atoms with Crippen LogP contribution in [-0.4, -0.2) is 29.6 Å². The first kappa shape index (κ1) is 13.9. The van der Waals surface area contributed by atoms with Crippen molar-refractivity contribution in [1.29, 1.82) is 0 Å². The predicted molar refractivity (Wildman–Crippen MR) is 72.4 cm³/mol. The van der Waals surface area contributed by atoms with Gasteiger partial charge in [-0.3, -0.25) is 4.79 Å². The number of rotatable bonds is 4. The fourth-order valence-corrected chi connectivity index (χ4v) is 2.56. The van der Waals surface area contributed by atoms with Gasteiger partial charge in [0.25, 0.3) is 5.91 Å². The molecule has 1 fully saturated rings. The van der Waals surface area contributed by atoms with Gasteiger partial charge in [0.05, 0.1) is 11.6 Å². The summed E-state index contributed by atoms with van der Waals surface area (Å²) in [7, 11) is 1.54. The number of aliphatic carboxylic acids is 1. The molecule has 0 atom stereocenters. The van der Waals surface area contributed by atoms with Crippen molar-refractivity contribution in [3.63, 3.8) is 0 Å². The lowest BCUT2D eigenvalue weighted by Gasteiger charge is -2.38. The Hall–Kier alpha value is -1.56. The maximum atomic E-state index is 12.1. The third-order valence-corrected chi connectivity index (χ3v) is 4.00. The zero-order valence-corrected chi connectivity index (χ0v) is 12.0.